The molecule has 0 N–H and O–H groups in total. The molecule has 0 aliphatic heterocycles. The number of hydrogen-bond donors (Lipinski definition) is 0. The number of methoxy groups -OCH3 is 2. The molecule has 28 heavy (non-hydrogen) atoms. The van der Waals surface area contributed by atoms with Gasteiger partial charge in [-0.2, -0.15) is 0 Å². The lowest BCUT2D eigenvalue weighted by molar-refractivity contribution is -0.385. The molecule has 3 aromatic carbocycles. The number of nitro benzene ring substituents is 1. The van der Waals surface area contributed by atoms with Crippen LogP contribution in [0, 0.1) is 10.1 Å². The molecular formula is C21H16N2O5. The highest BCUT2D eigenvalue weighted by molar-refractivity contribution is 6.01. The third-order valence-electron chi connectivity index (χ3n) is 4.61. The minimum Gasteiger partial charge on any atom is -0.496 e. The molecule has 0 radical (unpaired) electrons. The largest absolute Gasteiger partial charge is 0.496 e. The van der Waals surface area contributed by atoms with Gasteiger partial charge in [0, 0.05) is 22.6 Å². The first kappa shape index (κ1) is 17.5. The summed E-state index contributed by atoms with van der Waals surface area (Å²) in [6, 6.07) is 16.3. The summed E-state index contributed by atoms with van der Waals surface area (Å²) in [7, 11) is 3.02. The van der Waals surface area contributed by atoms with Gasteiger partial charge in [-0.3, -0.25) is 10.1 Å². The Labute approximate surface area is 160 Å². The van der Waals surface area contributed by atoms with Gasteiger partial charge in [0.25, 0.3) is 0 Å². The molecule has 7 heteroatoms. The highest BCUT2D eigenvalue weighted by atomic mass is 16.6. The van der Waals surface area contributed by atoms with Crippen molar-refractivity contribution in [3.05, 3.63) is 70.9 Å². The first-order valence-electron chi connectivity index (χ1n) is 8.47. The van der Waals surface area contributed by atoms with E-state index in [0.29, 0.717) is 16.9 Å². The van der Waals surface area contributed by atoms with Gasteiger partial charge in [0.05, 0.1) is 25.3 Å². The fourth-order valence-electron chi connectivity index (χ4n) is 3.29. The number of nitrogens with zero attached hydrogens (tertiary/aromatic N) is 2. The third-order valence-corrected chi connectivity index (χ3v) is 4.61. The van der Waals surface area contributed by atoms with Crippen LogP contribution < -0.4 is 9.47 Å². The summed E-state index contributed by atoms with van der Waals surface area (Å²) < 4.78 is 16.1. The summed E-state index contributed by atoms with van der Waals surface area (Å²) in [6.07, 6.45) is 1.56. The smallest absolute Gasteiger partial charge is 0.311 e. The molecule has 0 aliphatic rings. The molecule has 0 saturated carbocycles. The Morgan fingerprint density at radius 3 is 2.36 bits per heavy atom. The van der Waals surface area contributed by atoms with Crippen molar-refractivity contribution < 1.29 is 18.9 Å². The fraction of sp³-hybridized carbons (Fsp3) is 0.0952. The Morgan fingerprint density at radius 1 is 0.929 bits per heavy atom. The normalized spacial score (nSPS) is 10.8. The van der Waals surface area contributed by atoms with Crippen molar-refractivity contribution in [1.29, 1.82) is 0 Å². The van der Waals surface area contributed by atoms with Crippen molar-refractivity contribution in [3.63, 3.8) is 0 Å². The van der Waals surface area contributed by atoms with Gasteiger partial charge < -0.3 is 14.0 Å². The lowest BCUT2D eigenvalue weighted by Crippen LogP contribution is -1.94. The Balaban J connectivity index is 1.91. The van der Waals surface area contributed by atoms with E-state index < -0.39 is 4.92 Å². The van der Waals surface area contributed by atoms with Crippen LogP contribution in [0.25, 0.3) is 33.2 Å². The summed E-state index contributed by atoms with van der Waals surface area (Å²) in [5.74, 6) is 1.47. The topological polar surface area (TPSA) is 87.6 Å². The summed E-state index contributed by atoms with van der Waals surface area (Å²) in [6.45, 7) is 0. The van der Waals surface area contributed by atoms with Gasteiger partial charge in [0.1, 0.15) is 5.75 Å². The van der Waals surface area contributed by atoms with E-state index in [1.807, 2.05) is 36.4 Å². The average Bonchev–Trinajstić information content (AvgIpc) is 3.22. The molecule has 0 unspecified atom stereocenters. The minimum absolute atomic E-state index is 0.119. The van der Waals surface area contributed by atoms with E-state index in [1.165, 1.54) is 13.2 Å². The van der Waals surface area contributed by atoms with E-state index in [0.717, 1.165) is 22.1 Å². The van der Waals surface area contributed by atoms with Gasteiger partial charge in [0.15, 0.2) is 11.5 Å². The SMILES string of the molecule is COc1ccc(-c2cnoc2-c2ccc(OC)c3ccccc23)cc1[N+](=O)[O-]. The van der Waals surface area contributed by atoms with Gasteiger partial charge in [-0.1, -0.05) is 29.4 Å². The highest BCUT2D eigenvalue weighted by Gasteiger charge is 2.21. The summed E-state index contributed by atoms with van der Waals surface area (Å²) in [4.78, 5) is 10.9. The van der Waals surface area contributed by atoms with Crippen LogP contribution in [0.2, 0.25) is 0 Å². The minimum atomic E-state index is -0.474. The summed E-state index contributed by atoms with van der Waals surface area (Å²) in [5.41, 5.74) is 1.97. The second-order valence-corrected chi connectivity index (χ2v) is 6.07. The number of nitro groups is 1. The van der Waals surface area contributed by atoms with Crippen molar-refractivity contribution >= 4 is 16.5 Å². The van der Waals surface area contributed by atoms with E-state index >= 15 is 0 Å². The monoisotopic (exact) mass is 376 g/mol. The molecule has 4 rings (SSSR count). The molecule has 1 aromatic heterocycles. The van der Waals surface area contributed by atoms with Crippen LogP contribution in [0.5, 0.6) is 11.5 Å². The van der Waals surface area contributed by atoms with Crippen LogP contribution in [0.4, 0.5) is 5.69 Å². The second-order valence-electron chi connectivity index (χ2n) is 6.07. The Hall–Kier alpha value is -3.87. The highest BCUT2D eigenvalue weighted by Crippen LogP contribution is 2.40. The van der Waals surface area contributed by atoms with Crippen LogP contribution >= 0.6 is 0 Å². The van der Waals surface area contributed by atoms with Gasteiger partial charge in [-0.15, -0.1) is 0 Å². The average molecular weight is 376 g/mol. The lowest BCUT2D eigenvalue weighted by Gasteiger charge is -2.10. The standard InChI is InChI=1S/C21H16N2O5/c1-26-19-10-8-16(14-5-3-4-6-15(14)19)21-17(12-22-28-21)13-7-9-20(27-2)18(11-13)23(24)25/h3-12H,1-2H3. The maximum absolute atomic E-state index is 11.4. The molecule has 4 aromatic rings. The van der Waals surface area contributed by atoms with Gasteiger partial charge in [0.2, 0.25) is 0 Å². The van der Waals surface area contributed by atoms with E-state index in [9.17, 15) is 10.1 Å². The molecule has 0 aliphatic carbocycles. The predicted octanol–water partition coefficient (Wildman–Crippen LogP) is 5.09. The van der Waals surface area contributed by atoms with Crippen LogP contribution in [0.3, 0.4) is 0 Å². The van der Waals surface area contributed by atoms with E-state index in [1.54, 1.807) is 25.4 Å². The Kier molecular flexibility index (Phi) is 4.41. The number of ether oxygens (including phenoxy) is 2. The fourth-order valence-corrected chi connectivity index (χ4v) is 3.29. The van der Waals surface area contributed by atoms with Gasteiger partial charge >= 0.3 is 5.69 Å². The van der Waals surface area contributed by atoms with E-state index in [4.69, 9.17) is 14.0 Å². The van der Waals surface area contributed by atoms with E-state index in [-0.39, 0.29) is 11.4 Å². The molecule has 0 saturated heterocycles. The summed E-state index contributed by atoms with van der Waals surface area (Å²) in [5, 5.41) is 17.2. The van der Waals surface area contributed by atoms with Crippen LogP contribution in [-0.2, 0) is 0 Å². The zero-order valence-corrected chi connectivity index (χ0v) is 15.2. The van der Waals surface area contributed by atoms with Crippen molar-refractivity contribution in [2.24, 2.45) is 0 Å². The van der Waals surface area contributed by atoms with Crippen molar-refractivity contribution in [2.45, 2.75) is 0 Å². The zero-order chi connectivity index (χ0) is 19.7. The maximum Gasteiger partial charge on any atom is 0.311 e. The second kappa shape index (κ2) is 7.03. The molecule has 140 valence electrons. The quantitative estimate of drug-likeness (QED) is 0.356. The number of aromatic nitrogens is 1. The zero-order valence-electron chi connectivity index (χ0n) is 15.2. The van der Waals surface area contributed by atoms with Crippen LogP contribution in [0.15, 0.2) is 65.3 Å². The summed E-state index contributed by atoms with van der Waals surface area (Å²) >= 11 is 0. The van der Waals surface area contributed by atoms with Crippen molar-refractivity contribution in [2.75, 3.05) is 14.2 Å². The van der Waals surface area contributed by atoms with Crippen molar-refractivity contribution in [3.8, 4) is 33.9 Å². The van der Waals surface area contributed by atoms with Gasteiger partial charge in [-0.25, -0.2) is 0 Å². The van der Waals surface area contributed by atoms with Gasteiger partial charge in [-0.05, 0) is 35.2 Å². The van der Waals surface area contributed by atoms with E-state index in [2.05, 4.69) is 5.16 Å². The van der Waals surface area contributed by atoms with Crippen LogP contribution in [0.1, 0.15) is 0 Å². The Morgan fingerprint density at radius 2 is 1.64 bits per heavy atom. The maximum atomic E-state index is 11.4. The number of benzene rings is 3. The molecule has 0 fully saturated rings. The van der Waals surface area contributed by atoms with Crippen LogP contribution in [-0.4, -0.2) is 24.3 Å². The predicted molar refractivity (Wildman–Crippen MR) is 105 cm³/mol. The molecule has 1 heterocycles. The number of rotatable bonds is 5. The number of hydrogen-bond acceptors (Lipinski definition) is 6. The first-order chi connectivity index (χ1) is 13.6. The number of fused-ring (bicyclic) bond motifs is 1. The molecule has 0 spiro atoms. The Bertz CT molecular complexity index is 1180. The molecular weight excluding hydrogens is 360 g/mol. The molecule has 0 bridgehead atoms. The lowest BCUT2D eigenvalue weighted by atomic mass is 9.97. The first-order valence-corrected chi connectivity index (χ1v) is 8.47. The van der Waals surface area contributed by atoms with Crippen molar-refractivity contribution in [1.82, 2.24) is 5.16 Å². The molecule has 0 amide bonds. The molecule has 7 nitrogen and oxygen atoms in total. The molecule has 0 atom stereocenters. The third kappa shape index (κ3) is 2.83.